The van der Waals surface area contributed by atoms with Gasteiger partial charge in [0, 0.05) is 43.3 Å². The average molecular weight is 294 g/mol. The fraction of sp³-hybridized carbons (Fsp3) is 0.800. The molecule has 0 amide bonds. The first kappa shape index (κ1) is 14.3. The molecule has 2 aliphatic rings. The van der Waals surface area contributed by atoms with Gasteiger partial charge in [0.2, 0.25) is 0 Å². The predicted molar refractivity (Wildman–Crippen MR) is 85.4 cm³/mol. The van der Waals surface area contributed by atoms with Gasteiger partial charge in [0.15, 0.2) is 5.13 Å². The van der Waals surface area contributed by atoms with E-state index in [1.54, 1.807) is 11.3 Å². The molecule has 0 bridgehead atoms. The van der Waals surface area contributed by atoms with Crippen LogP contribution in [0.1, 0.15) is 37.5 Å². The van der Waals surface area contributed by atoms with Crippen LogP contribution in [0, 0.1) is 0 Å². The normalized spacial score (nSPS) is 25.1. The lowest BCUT2D eigenvalue weighted by Gasteiger charge is -2.32. The van der Waals surface area contributed by atoms with Crippen molar-refractivity contribution in [1.82, 2.24) is 14.8 Å². The molecule has 5 heteroatoms. The number of rotatable bonds is 5. The van der Waals surface area contributed by atoms with Crippen molar-refractivity contribution in [1.29, 1.82) is 0 Å². The third-order valence-electron chi connectivity index (χ3n) is 4.42. The molecule has 112 valence electrons. The minimum Gasteiger partial charge on any atom is -0.362 e. The van der Waals surface area contributed by atoms with Crippen LogP contribution in [0.25, 0.3) is 0 Å². The van der Waals surface area contributed by atoms with Crippen LogP contribution in [0.3, 0.4) is 0 Å². The zero-order valence-corrected chi connectivity index (χ0v) is 13.3. The first-order valence-corrected chi connectivity index (χ1v) is 8.82. The molecule has 3 heterocycles. The Bertz CT molecular complexity index is 414. The third-order valence-corrected chi connectivity index (χ3v) is 5.36. The molecule has 2 aliphatic heterocycles. The van der Waals surface area contributed by atoms with Crippen LogP contribution >= 0.6 is 11.3 Å². The van der Waals surface area contributed by atoms with Gasteiger partial charge >= 0.3 is 0 Å². The second-order valence-corrected chi connectivity index (χ2v) is 7.05. The van der Waals surface area contributed by atoms with Gasteiger partial charge in [0.25, 0.3) is 0 Å². The Hall–Kier alpha value is -0.650. The van der Waals surface area contributed by atoms with Crippen LogP contribution in [0.4, 0.5) is 5.13 Å². The van der Waals surface area contributed by atoms with E-state index in [0.29, 0.717) is 0 Å². The molecule has 1 aromatic heterocycles. The number of nitrogens with one attached hydrogen (secondary N) is 1. The van der Waals surface area contributed by atoms with Crippen LogP contribution in [-0.4, -0.2) is 53.5 Å². The smallest absolute Gasteiger partial charge is 0.182 e. The molecule has 4 nitrogen and oxygen atoms in total. The lowest BCUT2D eigenvalue weighted by atomic mass is 10.1. The summed E-state index contributed by atoms with van der Waals surface area (Å²) in [6.07, 6.45) is 7.62. The molecule has 2 saturated heterocycles. The molecule has 0 radical (unpaired) electrons. The van der Waals surface area contributed by atoms with Crippen molar-refractivity contribution in [3.63, 3.8) is 0 Å². The summed E-state index contributed by atoms with van der Waals surface area (Å²) in [4.78, 5) is 11.1. The first-order valence-electron chi connectivity index (χ1n) is 8.00. The van der Waals surface area contributed by atoms with Crippen molar-refractivity contribution in [2.24, 2.45) is 0 Å². The number of likely N-dealkylation sites (tertiary alicyclic amines) is 2. The highest BCUT2D eigenvalue weighted by atomic mass is 32.1. The first-order chi connectivity index (χ1) is 9.85. The predicted octanol–water partition coefficient (Wildman–Crippen LogP) is 2.64. The maximum absolute atomic E-state index is 4.43. The highest BCUT2D eigenvalue weighted by Gasteiger charge is 2.28. The molecule has 20 heavy (non-hydrogen) atoms. The molecule has 1 unspecified atom stereocenters. The van der Waals surface area contributed by atoms with Gasteiger partial charge in [0.05, 0.1) is 0 Å². The average Bonchev–Trinajstić information content (AvgIpc) is 3.11. The second-order valence-electron chi connectivity index (χ2n) is 5.94. The van der Waals surface area contributed by atoms with Crippen LogP contribution in [0.15, 0.2) is 6.20 Å². The zero-order chi connectivity index (χ0) is 13.8. The minimum absolute atomic E-state index is 0.802. The summed E-state index contributed by atoms with van der Waals surface area (Å²) < 4.78 is 0. The SMILES string of the molecule is CCNc1ncc(CN2CCC(N3CCCCC3)C2)s1. The quantitative estimate of drug-likeness (QED) is 0.904. The summed E-state index contributed by atoms with van der Waals surface area (Å²) in [5.41, 5.74) is 0. The lowest BCUT2D eigenvalue weighted by molar-refractivity contribution is 0.161. The van der Waals surface area contributed by atoms with Crippen molar-refractivity contribution >= 4 is 16.5 Å². The number of hydrogen-bond donors (Lipinski definition) is 1. The molecular weight excluding hydrogens is 268 g/mol. The van der Waals surface area contributed by atoms with E-state index in [1.807, 2.05) is 6.20 Å². The summed E-state index contributed by atoms with van der Waals surface area (Å²) in [7, 11) is 0. The van der Waals surface area contributed by atoms with Gasteiger partial charge in [0.1, 0.15) is 0 Å². The Morgan fingerprint density at radius 2 is 2.15 bits per heavy atom. The van der Waals surface area contributed by atoms with Gasteiger partial charge < -0.3 is 5.32 Å². The van der Waals surface area contributed by atoms with Crippen LogP contribution in [0.2, 0.25) is 0 Å². The maximum atomic E-state index is 4.43. The van der Waals surface area contributed by atoms with Crippen molar-refractivity contribution in [3.8, 4) is 0 Å². The van der Waals surface area contributed by atoms with Crippen molar-refractivity contribution < 1.29 is 0 Å². The highest BCUT2D eigenvalue weighted by Crippen LogP contribution is 2.24. The van der Waals surface area contributed by atoms with E-state index in [4.69, 9.17) is 0 Å². The summed E-state index contributed by atoms with van der Waals surface area (Å²) in [5.74, 6) is 0. The molecule has 0 spiro atoms. The van der Waals surface area contributed by atoms with Crippen LogP contribution in [0.5, 0.6) is 0 Å². The number of anilines is 1. The largest absolute Gasteiger partial charge is 0.362 e. The number of thiazole rings is 1. The fourth-order valence-corrected chi connectivity index (χ4v) is 4.29. The van der Waals surface area contributed by atoms with Gasteiger partial charge in [-0.3, -0.25) is 9.80 Å². The van der Waals surface area contributed by atoms with Gasteiger partial charge in [-0.05, 0) is 39.3 Å². The van der Waals surface area contributed by atoms with Crippen molar-refractivity contribution in [2.45, 2.75) is 45.2 Å². The molecule has 0 saturated carbocycles. The topological polar surface area (TPSA) is 31.4 Å². The molecule has 2 fully saturated rings. The van der Waals surface area contributed by atoms with Gasteiger partial charge in [-0.1, -0.05) is 6.42 Å². The zero-order valence-electron chi connectivity index (χ0n) is 12.5. The Morgan fingerprint density at radius 3 is 2.95 bits per heavy atom. The van der Waals surface area contributed by atoms with E-state index >= 15 is 0 Å². The minimum atomic E-state index is 0.802. The summed E-state index contributed by atoms with van der Waals surface area (Å²) >= 11 is 1.80. The van der Waals surface area contributed by atoms with E-state index in [2.05, 4.69) is 27.0 Å². The molecular formula is C15H26N4S. The highest BCUT2D eigenvalue weighted by molar-refractivity contribution is 7.15. The summed E-state index contributed by atoms with van der Waals surface area (Å²) in [5, 5.41) is 4.36. The van der Waals surface area contributed by atoms with Crippen molar-refractivity contribution in [2.75, 3.05) is 38.0 Å². The Balaban J connectivity index is 1.49. The van der Waals surface area contributed by atoms with Gasteiger partial charge in [-0.2, -0.15) is 0 Å². The lowest BCUT2D eigenvalue weighted by Crippen LogP contribution is -2.40. The molecule has 3 rings (SSSR count). The number of aromatic nitrogens is 1. The van der Waals surface area contributed by atoms with E-state index in [9.17, 15) is 0 Å². The summed E-state index contributed by atoms with van der Waals surface area (Å²) in [6.45, 7) is 9.28. The molecule has 1 aromatic rings. The maximum Gasteiger partial charge on any atom is 0.182 e. The fourth-order valence-electron chi connectivity index (χ4n) is 3.37. The number of hydrogen-bond acceptors (Lipinski definition) is 5. The molecule has 0 aromatic carbocycles. The van der Waals surface area contributed by atoms with Crippen LogP contribution < -0.4 is 5.32 Å². The van der Waals surface area contributed by atoms with Crippen molar-refractivity contribution in [3.05, 3.63) is 11.1 Å². The number of piperidine rings is 1. The van der Waals surface area contributed by atoms with E-state index in [1.165, 1.54) is 56.7 Å². The molecule has 1 atom stereocenters. The third kappa shape index (κ3) is 3.51. The van der Waals surface area contributed by atoms with E-state index in [-0.39, 0.29) is 0 Å². The molecule has 0 aliphatic carbocycles. The monoisotopic (exact) mass is 294 g/mol. The Labute approximate surface area is 126 Å². The Morgan fingerprint density at radius 1 is 1.30 bits per heavy atom. The second kappa shape index (κ2) is 6.87. The van der Waals surface area contributed by atoms with Gasteiger partial charge in [-0.25, -0.2) is 4.98 Å². The molecule has 1 N–H and O–H groups in total. The summed E-state index contributed by atoms with van der Waals surface area (Å²) in [6, 6.07) is 0.802. The van der Waals surface area contributed by atoms with Gasteiger partial charge in [-0.15, -0.1) is 11.3 Å². The van der Waals surface area contributed by atoms with Crippen LogP contribution in [-0.2, 0) is 6.54 Å². The standard InChI is InChI=1S/C15H26N4S/c1-2-16-15-17-10-14(20-15)12-18-9-6-13(11-18)19-7-4-3-5-8-19/h10,13H,2-9,11-12H2,1H3,(H,16,17). The van der Waals surface area contributed by atoms with E-state index in [0.717, 1.165) is 24.3 Å². The number of nitrogens with zero attached hydrogens (tertiary/aromatic N) is 3. The Kier molecular flexibility index (Phi) is 4.91. The van der Waals surface area contributed by atoms with E-state index < -0.39 is 0 Å².